The van der Waals surface area contributed by atoms with Gasteiger partial charge in [0.15, 0.2) is 0 Å². The van der Waals surface area contributed by atoms with Gasteiger partial charge in [-0.25, -0.2) is 0 Å². The number of alkyl halides is 1. The predicted octanol–water partition coefficient (Wildman–Crippen LogP) is 2.14. The fourth-order valence-electron chi connectivity index (χ4n) is 1.16. The highest BCUT2D eigenvalue weighted by Crippen LogP contribution is 2.26. The van der Waals surface area contributed by atoms with Crippen molar-refractivity contribution in [1.82, 2.24) is 0 Å². The predicted molar refractivity (Wildman–Crippen MR) is 40.7 cm³/mol. The summed E-state index contributed by atoms with van der Waals surface area (Å²) < 4.78 is 11.9. The van der Waals surface area contributed by atoms with Crippen LogP contribution in [0.4, 0.5) is 4.39 Å². The molecular weight excluding hydrogens is 131 g/mol. The molecule has 0 amide bonds. The molecule has 0 aliphatic heterocycles. The molecule has 0 aliphatic rings. The van der Waals surface area contributed by atoms with Crippen molar-refractivity contribution >= 4 is 0 Å². The van der Waals surface area contributed by atoms with Crippen molar-refractivity contribution in [3.05, 3.63) is 0 Å². The van der Waals surface area contributed by atoms with Crippen LogP contribution in [0.15, 0.2) is 0 Å². The van der Waals surface area contributed by atoms with Gasteiger partial charge in [-0.1, -0.05) is 13.8 Å². The summed E-state index contributed by atoms with van der Waals surface area (Å²) in [5.74, 6) is 0. The van der Waals surface area contributed by atoms with Gasteiger partial charge in [0.05, 0.1) is 12.8 Å². The molecule has 0 aromatic carbocycles. The van der Waals surface area contributed by atoms with Gasteiger partial charge in [0.2, 0.25) is 0 Å². The van der Waals surface area contributed by atoms with E-state index in [0.29, 0.717) is 12.8 Å². The molecule has 0 saturated carbocycles. The number of aliphatic hydroxyl groups excluding tert-OH is 1. The van der Waals surface area contributed by atoms with E-state index in [1.54, 1.807) is 6.92 Å². The van der Waals surface area contributed by atoms with Crippen LogP contribution in [0.3, 0.4) is 0 Å². The van der Waals surface area contributed by atoms with E-state index >= 15 is 0 Å². The lowest BCUT2D eigenvalue weighted by Crippen LogP contribution is -2.18. The minimum absolute atomic E-state index is 0.0527. The first-order valence-electron chi connectivity index (χ1n) is 3.72. The lowest BCUT2D eigenvalue weighted by Gasteiger charge is -2.24. The Hall–Kier alpha value is -0.110. The fraction of sp³-hybridized carbons (Fsp3) is 1.00. The molecule has 0 aliphatic carbocycles. The molecule has 62 valence electrons. The molecule has 0 spiro atoms. The molecule has 1 nitrogen and oxygen atoms in total. The van der Waals surface area contributed by atoms with Crippen molar-refractivity contribution in [1.29, 1.82) is 0 Å². The highest BCUT2D eigenvalue weighted by molar-refractivity contribution is 4.70. The van der Waals surface area contributed by atoms with Gasteiger partial charge >= 0.3 is 0 Å². The summed E-state index contributed by atoms with van der Waals surface area (Å²) in [6, 6.07) is 0. The molecule has 1 unspecified atom stereocenters. The Bertz CT molecular complexity index is 89.3. The Morgan fingerprint density at radius 3 is 2.30 bits per heavy atom. The monoisotopic (exact) mass is 148 g/mol. The van der Waals surface area contributed by atoms with Gasteiger partial charge in [-0.2, -0.15) is 0 Å². The second-order valence-corrected chi connectivity index (χ2v) is 3.66. The third-order valence-electron chi connectivity index (χ3n) is 1.62. The maximum absolute atomic E-state index is 11.9. The van der Waals surface area contributed by atoms with E-state index in [4.69, 9.17) is 5.11 Å². The summed E-state index contributed by atoms with van der Waals surface area (Å²) in [5, 5.41) is 8.99. The van der Waals surface area contributed by atoms with E-state index in [1.807, 2.05) is 13.8 Å². The number of rotatable bonds is 4. The third-order valence-corrected chi connectivity index (χ3v) is 1.62. The molecule has 0 radical (unpaired) electrons. The second-order valence-electron chi connectivity index (χ2n) is 3.66. The molecule has 0 rings (SSSR count). The molecular formula is C8H17FO. The zero-order valence-electron chi connectivity index (χ0n) is 7.02. The second kappa shape index (κ2) is 3.91. The molecule has 0 fully saturated rings. The van der Waals surface area contributed by atoms with Crippen LogP contribution in [-0.4, -0.2) is 17.9 Å². The zero-order valence-corrected chi connectivity index (χ0v) is 7.02. The lowest BCUT2D eigenvalue weighted by molar-refractivity contribution is 0.120. The van der Waals surface area contributed by atoms with Crippen LogP contribution in [0.2, 0.25) is 0 Å². The summed E-state index contributed by atoms with van der Waals surface area (Å²) in [7, 11) is 0. The van der Waals surface area contributed by atoms with E-state index in [1.165, 1.54) is 0 Å². The summed E-state index contributed by atoms with van der Waals surface area (Å²) in [5.41, 5.74) is -0.0527. The quantitative estimate of drug-likeness (QED) is 0.647. The molecule has 1 N–H and O–H groups in total. The van der Waals surface area contributed by atoms with Crippen LogP contribution in [0.25, 0.3) is 0 Å². The highest BCUT2D eigenvalue weighted by atomic mass is 19.1. The van der Waals surface area contributed by atoms with Crippen LogP contribution in [0.1, 0.15) is 33.6 Å². The largest absolute Gasteiger partial charge is 0.393 e. The molecule has 0 aromatic rings. The molecule has 0 bridgehead atoms. The molecule has 2 heteroatoms. The highest BCUT2D eigenvalue weighted by Gasteiger charge is 2.19. The normalized spacial score (nSPS) is 15.3. The molecule has 0 heterocycles. The van der Waals surface area contributed by atoms with Crippen molar-refractivity contribution in [2.45, 2.75) is 39.7 Å². The summed E-state index contributed by atoms with van der Waals surface area (Å²) in [6.45, 7) is 5.39. The van der Waals surface area contributed by atoms with E-state index in [9.17, 15) is 4.39 Å². The molecule has 0 aromatic heterocycles. The van der Waals surface area contributed by atoms with Crippen molar-refractivity contribution < 1.29 is 9.50 Å². The van der Waals surface area contributed by atoms with Crippen LogP contribution in [0, 0.1) is 5.41 Å². The smallest absolute Gasteiger partial charge is 0.0899 e. The third kappa shape index (κ3) is 4.74. The van der Waals surface area contributed by atoms with Crippen molar-refractivity contribution in [2.75, 3.05) is 6.67 Å². The number of halogens is 1. The van der Waals surface area contributed by atoms with Crippen LogP contribution >= 0.6 is 0 Å². The van der Waals surface area contributed by atoms with Crippen molar-refractivity contribution in [3.63, 3.8) is 0 Å². The molecule has 1 atom stereocenters. The van der Waals surface area contributed by atoms with E-state index in [-0.39, 0.29) is 18.2 Å². The average Bonchev–Trinajstić information content (AvgIpc) is 1.59. The minimum Gasteiger partial charge on any atom is -0.393 e. The fourth-order valence-corrected chi connectivity index (χ4v) is 1.16. The maximum Gasteiger partial charge on any atom is 0.0899 e. The molecule has 0 saturated heterocycles. The van der Waals surface area contributed by atoms with Gasteiger partial charge in [0, 0.05) is 0 Å². The number of hydrogen-bond donors (Lipinski definition) is 1. The summed E-state index contributed by atoms with van der Waals surface area (Å²) in [6.07, 6.45) is 0.899. The van der Waals surface area contributed by atoms with E-state index < -0.39 is 0 Å². The Kier molecular flexibility index (Phi) is 3.87. The van der Waals surface area contributed by atoms with Crippen molar-refractivity contribution in [3.8, 4) is 0 Å². The SMILES string of the molecule is CC(O)CC(C)(C)CCF. The number of aliphatic hydroxyl groups is 1. The first-order chi connectivity index (χ1) is 4.48. The van der Waals surface area contributed by atoms with Gasteiger partial charge < -0.3 is 5.11 Å². The summed E-state index contributed by atoms with van der Waals surface area (Å²) in [4.78, 5) is 0. The van der Waals surface area contributed by atoms with Gasteiger partial charge in [-0.05, 0) is 25.2 Å². The maximum atomic E-state index is 11.9. The average molecular weight is 148 g/mol. The van der Waals surface area contributed by atoms with Crippen molar-refractivity contribution in [2.24, 2.45) is 5.41 Å². The van der Waals surface area contributed by atoms with E-state index in [2.05, 4.69) is 0 Å². The van der Waals surface area contributed by atoms with Crippen LogP contribution < -0.4 is 0 Å². The number of hydrogen-bond acceptors (Lipinski definition) is 1. The summed E-state index contributed by atoms with van der Waals surface area (Å²) >= 11 is 0. The van der Waals surface area contributed by atoms with Crippen LogP contribution in [-0.2, 0) is 0 Å². The van der Waals surface area contributed by atoms with Gasteiger partial charge in [-0.3, -0.25) is 4.39 Å². The lowest BCUT2D eigenvalue weighted by atomic mass is 9.84. The Labute approximate surface area is 62.3 Å². The zero-order chi connectivity index (χ0) is 8.20. The Morgan fingerprint density at radius 2 is 2.00 bits per heavy atom. The standard InChI is InChI=1S/C8H17FO/c1-7(10)6-8(2,3)4-5-9/h7,10H,4-6H2,1-3H3. The topological polar surface area (TPSA) is 20.2 Å². The Morgan fingerprint density at radius 1 is 1.50 bits per heavy atom. The molecule has 10 heavy (non-hydrogen) atoms. The first-order valence-corrected chi connectivity index (χ1v) is 3.72. The first kappa shape index (κ1) is 9.89. The van der Waals surface area contributed by atoms with Gasteiger partial charge in [-0.15, -0.1) is 0 Å². The van der Waals surface area contributed by atoms with Crippen LogP contribution in [0.5, 0.6) is 0 Å². The minimum atomic E-state index is -0.318. The van der Waals surface area contributed by atoms with E-state index in [0.717, 1.165) is 0 Å². The van der Waals surface area contributed by atoms with Gasteiger partial charge in [0.25, 0.3) is 0 Å². The Balaban J connectivity index is 3.63. The van der Waals surface area contributed by atoms with Gasteiger partial charge in [0.1, 0.15) is 0 Å².